The maximum Gasteiger partial charge on any atom is 0.304 e. The zero-order valence-electron chi connectivity index (χ0n) is 9.36. The van der Waals surface area contributed by atoms with Crippen LogP contribution in [-0.4, -0.2) is 22.0 Å². The molecule has 0 aliphatic heterocycles. The lowest BCUT2D eigenvalue weighted by atomic mass is 10.0. The topological polar surface area (TPSA) is 99.3 Å². The molecule has 94 valence electrons. The minimum absolute atomic E-state index is 0.0251. The molecule has 3 N–H and O–H groups in total. The van der Waals surface area contributed by atoms with Gasteiger partial charge in [0.15, 0.2) is 0 Å². The summed E-state index contributed by atoms with van der Waals surface area (Å²) in [6.45, 7) is 1.97. The molecule has 6 nitrogen and oxygen atoms in total. The zero-order chi connectivity index (χ0) is 12.8. The molecule has 0 spiro atoms. The Morgan fingerprint density at radius 3 is 2.76 bits per heavy atom. The number of aliphatic carboxylic acids is 1. The molecule has 0 aromatic carbocycles. The van der Waals surface area contributed by atoms with Crippen LogP contribution in [0.15, 0.2) is 10.2 Å². The fourth-order valence-electron chi connectivity index (χ4n) is 1.35. The van der Waals surface area contributed by atoms with Gasteiger partial charge in [-0.3, -0.25) is 14.4 Å². The van der Waals surface area contributed by atoms with Crippen molar-refractivity contribution in [2.45, 2.75) is 26.3 Å². The smallest absolute Gasteiger partial charge is 0.304 e. The molecule has 0 fully saturated rings. The molecule has 0 bridgehead atoms. The average Bonchev–Trinajstić information content (AvgIpc) is 2.59. The van der Waals surface area contributed by atoms with E-state index in [2.05, 4.69) is 10.3 Å². The molecular formula is C10H14N2O4S. The van der Waals surface area contributed by atoms with Crippen molar-refractivity contribution in [1.82, 2.24) is 10.3 Å². The normalized spacial score (nSPS) is 12.1. The molecule has 1 rings (SSSR count). The summed E-state index contributed by atoms with van der Waals surface area (Å²) in [6, 6.07) is 0. The average molecular weight is 258 g/mol. The summed E-state index contributed by atoms with van der Waals surface area (Å²) in [7, 11) is 0. The van der Waals surface area contributed by atoms with Crippen LogP contribution in [-0.2, 0) is 16.1 Å². The zero-order valence-corrected chi connectivity index (χ0v) is 10.2. The van der Waals surface area contributed by atoms with Gasteiger partial charge in [0.05, 0.1) is 6.54 Å². The van der Waals surface area contributed by atoms with Gasteiger partial charge in [-0.15, -0.1) is 0 Å². The number of hydrogen-bond acceptors (Lipinski definition) is 4. The van der Waals surface area contributed by atoms with E-state index in [4.69, 9.17) is 5.11 Å². The predicted octanol–water partition coefficient (Wildman–Crippen LogP) is 0.553. The van der Waals surface area contributed by atoms with Gasteiger partial charge in [0.1, 0.15) is 0 Å². The Balaban J connectivity index is 2.30. The number of amides is 1. The summed E-state index contributed by atoms with van der Waals surface area (Å²) in [5.74, 6) is -1.33. The van der Waals surface area contributed by atoms with Gasteiger partial charge < -0.3 is 15.4 Å². The highest BCUT2D eigenvalue weighted by atomic mass is 32.1. The standard InChI is InChI=1S/C10H14N2O4S/c1-6(3-9(14)15)2-8(13)11-4-7-5-17-10(16)12-7/h5-6H,2-4H2,1H3,(H,11,13)(H,12,16)(H,14,15). The number of carboxylic acids is 1. The molecule has 1 atom stereocenters. The van der Waals surface area contributed by atoms with Crippen LogP contribution in [0.5, 0.6) is 0 Å². The monoisotopic (exact) mass is 258 g/mol. The fourth-order valence-corrected chi connectivity index (χ4v) is 1.93. The van der Waals surface area contributed by atoms with Crippen LogP contribution < -0.4 is 10.2 Å². The third-order valence-electron chi connectivity index (χ3n) is 2.10. The van der Waals surface area contributed by atoms with E-state index < -0.39 is 5.97 Å². The summed E-state index contributed by atoms with van der Waals surface area (Å²) in [5.41, 5.74) is 0.652. The molecule has 1 aromatic heterocycles. The van der Waals surface area contributed by atoms with Gasteiger partial charge in [-0.05, 0) is 5.92 Å². The van der Waals surface area contributed by atoms with Crippen molar-refractivity contribution >= 4 is 23.2 Å². The number of rotatable bonds is 6. The number of hydrogen-bond donors (Lipinski definition) is 3. The van der Waals surface area contributed by atoms with E-state index in [0.717, 1.165) is 11.3 Å². The number of thiazole rings is 1. The van der Waals surface area contributed by atoms with Crippen LogP contribution in [0.3, 0.4) is 0 Å². The SMILES string of the molecule is CC(CC(=O)O)CC(=O)NCc1csc(=O)[nH]1. The summed E-state index contributed by atoms with van der Waals surface area (Å²) in [4.78, 5) is 35.1. The van der Waals surface area contributed by atoms with Crippen molar-refractivity contribution < 1.29 is 14.7 Å². The highest BCUT2D eigenvalue weighted by molar-refractivity contribution is 7.07. The molecular weight excluding hydrogens is 244 g/mol. The first kappa shape index (κ1) is 13.4. The molecule has 1 aromatic rings. The Bertz CT molecular complexity index is 451. The lowest BCUT2D eigenvalue weighted by molar-refractivity contribution is -0.138. The van der Waals surface area contributed by atoms with Gasteiger partial charge in [0.25, 0.3) is 0 Å². The van der Waals surface area contributed by atoms with Gasteiger partial charge >= 0.3 is 10.8 Å². The van der Waals surface area contributed by atoms with Crippen LogP contribution in [0.4, 0.5) is 0 Å². The van der Waals surface area contributed by atoms with Gasteiger partial charge in [0, 0.05) is 23.9 Å². The summed E-state index contributed by atoms with van der Waals surface area (Å²) < 4.78 is 0. The first-order valence-corrected chi connectivity index (χ1v) is 6.00. The third-order valence-corrected chi connectivity index (χ3v) is 2.82. The second-order valence-electron chi connectivity index (χ2n) is 3.86. The Morgan fingerprint density at radius 2 is 2.24 bits per heavy atom. The van der Waals surface area contributed by atoms with E-state index in [1.165, 1.54) is 0 Å². The van der Waals surface area contributed by atoms with Crippen LogP contribution in [0, 0.1) is 5.92 Å². The van der Waals surface area contributed by atoms with Gasteiger partial charge in [-0.1, -0.05) is 18.3 Å². The molecule has 0 saturated carbocycles. The molecule has 1 heterocycles. The molecule has 1 amide bonds. The lowest BCUT2D eigenvalue weighted by Crippen LogP contribution is -2.25. The predicted molar refractivity (Wildman–Crippen MR) is 62.8 cm³/mol. The van der Waals surface area contributed by atoms with E-state index in [9.17, 15) is 14.4 Å². The number of H-pyrrole nitrogens is 1. The van der Waals surface area contributed by atoms with Crippen LogP contribution in [0.25, 0.3) is 0 Å². The van der Waals surface area contributed by atoms with E-state index in [1.807, 2.05) is 0 Å². The van der Waals surface area contributed by atoms with Crippen molar-refractivity contribution in [3.8, 4) is 0 Å². The van der Waals surface area contributed by atoms with Gasteiger partial charge in [-0.25, -0.2) is 0 Å². The Kier molecular flexibility index (Phi) is 4.89. The van der Waals surface area contributed by atoms with Crippen LogP contribution in [0.1, 0.15) is 25.5 Å². The third kappa shape index (κ3) is 5.30. The maximum absolute atomic E-state index is 11.4. The van der Waals surface area contributed by atoms with Crippen LogP contribution in [0.2, 0.25) is 0 Å². The highest BCUT2D eigenvalue weighted by Crippen LogP contribution is 2.07. The van der Waals surface area contributed by atoms with Crippen molar-refractivity contribution in [3.05, 3.63) is 20.7 Å². The van der Waals surface area contributed by atoms with Crippen molar-refractivity contribution in [2.75, 3.05) is 0 Å². The molecule has 17 heavy (non-hydrogen) atoms. The molecule has 7 heteroatoms. The molecule has 0 saturated heterocycles. The first-order chi connectivity index (χ1) is 7.97. The number of carboxylic acid groups (broad SMARTS) is 1. The fraction of sp³-hybridized carbons (Fsp3) is 0.500. The van der Waals surface area contributed by atoms with E-state index in [0.29, 0.717) is 5.69 Å². The second-order valence-corrected chi connectivity index (χ2v) is 4.70. The second kappa shape index (κ2) is 6.19. The summed E-state index contributed by atoms with van der Waals surface area (Å²) >= 11 is 1.04. The molecule has 1 unspecified atom stereocenters. The summed E-state index contributed by atoms with van der Waals surface area (Å²) in [5, 5.41) is 12.8. The molecule has 0 aliphatic rings. The summed E-state index contributed by atoms with van der Waals surface area (Å²) in [6.07, 6.45) is 0.142. The first-order valence-electron chi connectivity index (χ1n) is 5.12. The number of nitrogens with one attached hydrogen (secondary N) is 2. The van der Waals surface area contributed by atoms with Gasteiger partial charge in [-0.2, -0.15) is 0 Å². The van der Waals surface area contributed by atoms with E-state index >= 15 is 0 Å². The minimum atomic E-state index is -0.910. The number of carbonyl (C=O) groups excluding carboxylic acids is 1. The molecule has 0 radical (unpaired) electrons. The number of aromatic amines is 1. The quantitative estimate of drug-likeness (QED) is 0.694. The van der Waals surface area contributed by atoms with E-state index in [1.54, 1.807) is 12.3 Å². The largest absolute Gasteiger partial charge is 0.481 e. The Morgan fingerprint density at radius 1 is 1.53 bits per heavy atom. The Hall–Kier alpha value is -1.63. The Labute approximate surface area is 102 Å². The van der Waals surface area contributed by atoms with Crippen molar-refractivity contribution in [2.24, 2.45) is 5.92 Å². The number of aromatic nitrogens is 1. The van der Waals surface area contributed by atoms with Gasteiger partial charge in [0.2, 0.25) is 5.91 Å². The molecule has 0 aliphatic carbocycles. The van der Waals surface area contributed by atoms with E-state index in [-0.39, 0.29) is 36.1 Å². The number of carbonyl (C=O) groups is 2. The lowest BCUT2D eigenvalue weighted by Gasteiger charge is -2.08. The van der Waals surface area contributed by atoms with Crippen molar-refractivity contribution in [3.63, 3.8) is 0 Å². The minimum Gasteiger partial charge on any atom is -0.481 e. The van der Waals surface area contributed by atoms with Crippen LogP contribution >= 0.6 is 11.3 Å². The maximum atomic E-state index is 11.4. The highest BCUT2D eigenvalue weighted by Gasteiger charge is 2.12. The van der Waals surface area contributed by atoms with Crippen molar-refractivity contribution in [1.29, 1.82) is 0 Å².